The molecule has 1 aliphatic carbocycles. The molecule has 4 rings (SSSR count). The van der Waals surface area contributed by atoms with Gasteiger partial charge in [-0.2, -0.15) is 0 Å². The van der Waals surface area contributed by atoms with Gasteiger partial charge in [0.15, 0.2) is 11.5 Å². The lowest BCUT2D eigenvalue weighted by molar-refractivity contribution is -0.121. The van der Waals surface area contributed by atoms with Gasteiger partial charge in [0.1, 0.15) is 13.2 Å². The van der Waals surface area contributed by atoms with Crippen LogP contribution in [-0.4, -0.2) is 30.2 Å². The van der Waals surface area contributed by atoms with Gasteiger partial charge in [0.05, 0.1) is 0 Å². The Morgan fingerprint density at radius 3 is 2.68 bits per heavy atom. The fraction of sp³-hybridized carbons (Fsp3) is 0.524. The van der Waals surface area contributed by atoms with Gasteiger partial charge in [-0.25, -0.2) is 0 Å². The summed E-state index contributed by atoms with van der Waals surface area (Å²) in [7, 11) is 0. The van der Waals surface area contributed by atoms with E-state index in [0.717, 1.165) is 42.9 Å². The van der Waals surface area contributed by atoms with Crippen LogP contribution in [0.15, 0.2) is 28.4 Å². The number of hydrogen-bond donors (Lipinski definition) is 1. The molecule has 0 atom stereocenters. The summed E-state index contributed by atoms with van der Waals surface area (Å²) in [6, 6.07) is 6.18. The van der Waals surface area contributed by atoms with E-state index in [1.54, 1.807) is 4.57 Å². The lowest BCUT2D eigenvalue weighted by Crippen LogP contribution is -2.39. The van der Waals surface area contributed by atoms with E-state index in [1.165, 1.54) is 16.9 Å². The van der Waals surface area contributed by atoms with Crippen molar-refractivity contribution in [3.8, 4) is 11.5 Å². The zero-order chi connectivity index (χ0) is 19.6. The average Bonchev–Trinajstić information content (AvgIpc) is 3.32. The van der Waals surface area contributed by atoms with E-state index in [9.17, 15) is 9.59 Å². The topological polar surface area (TPSA) is 69.6 Å². The number of thiazole rings is 1. The molecule has 1 N–H and O–H groups in total. The minimum absolute atomic E-state index is 0.00570. The van der Waals surface area contributed by atoms with E-state index in [4.69, 9.17) is 9.47 Å². The fourth-order valence-corrected chi connectivity index (χ4v) is 5.00. The van der Waals surface area contributed by atoms with Crippen molar-refractivity contribution >= 4 is 17.2 Å². The third kappa shape index (κ3) is 3.81. The predicted molar refractivity (Wildman–Crippen MR) is 109 cm³/mol. The molecule has 2 heterocycles. The SMILES string of the molecule is Cc1csc(=O)n1CCC(=O)NCC1(c2ccc3c(c2)OCCO3)CCCC1. The molecule has 1 aliphatic heterocycles. The van der Waals surface area contributed by atoms with Crippen molar-refractivity contribution in [2.75, 3.05) is 19.8 Å². The number of aryl methyl sites for hydroxylation is 1. The second-order valence-electron chi connectivity index (χ2n) is 7.67. The van der Waals surface area contributed by atoms with Crippen molar-refractivity contribution in [3.63, 3.8) is 0 Å². The molecular formula is C21H26N2O4S. The van der Waals surface area contributed by atoms with Crippen LogP contribution in [-0.2, 0) is 16.8 Å². The van der Waals surface area contributed by atoms with E-state index in [0.29, 0.717) is 32.7 Å². The number of amides is 1. The molecule has 2 aromatic rings. The summed E-state index contributed by atoms with van der Waals surface area (Å²) in [4.78, 5) is 24.3. The Hall–Kier alpha value is -2.28. The van der Waals surface area contributed by atoms with Gasteiger partial charge in [0.2, 0.25) is 5.91 Å². The third-order valence-corrected chi connectivity index (χ3v) is 6.76. The van der Waals surface area contributed by atoms with Gasteiger partial charge in [-0.1, -0.05) is 30.2 Å². The number of benzene rings is 1. The Morgan fingerprint density at radius 1 is 1.21 bits per heavy atom. The summed E-state index contributed by atoms with van der Waals surface area (Å²) in [6.07, 6.45) is 4.74. The maximum absolute atomic E-state index is 12.5. The molecule has 0 bridgehead atoms. The van der Waals surface area contributed by atoms with Crippen LogP contribution in [0.1, 0.15) is 43.4 Å². The number of ether oxygens (including phenoxy) is 2. The van der Waals surface area contributed by atoms with Crippen molar-refractivity contribution in [2.45, 2.75) is 51.0 Å². The van der Waals surface area contributed by atoms with E-state index in [2.05, 4.69) is 17.4 Å². The van der Waals surface area contributed by atoms with Gasteiger partial charge >= 0.3 is 4.87 Å². The van der Waals surface area contributed by atoms with Gasteiger partial charge in [-0.05, 0) is 37.5 Å². The van der Waals surface area contributed by atoms with Crippen LogP contribution in [0.5, 0.6) is 11.5 Å². The van der Waals surface area contributed by atoms with E-state index in [1.807, 2.05) is 18.4 Å². The molecule has 2 aliphatic rings. The van der Waals surface area contributed by atoms with Gasteiger partial charge in [0, 0.05) is 36.0 Å². The number of nitrogens with one attached hydrogen (secondary N) is 1. The Bertz CT molecular complexity index is 911. The van der Waals surface area contributed by atoms with Gasteiger partial charge in [-0.15, -0.1) is 0 Å². The van der Waals surface area contributed by atoms with Crippen LogP contribution in [0.3, 0.4) is 0 Å². The molecule has 1 amide bonds. The van der Waals surface area contributed by atoms with Crippen molar-refractivity contribution in [1.82, 2.24) is 9.88 Å². The third-order valence-electron chi connectivity index (χ3n) is 5.88. The van der Waals surface area contributed by atoms with Crippen LogP contribution in [0.2, 0.25) is 0 Å². The van der Waals surface area contributed by atoms with E-state index >= 15 is 0 Å². The second kappa shape index (κ2) is 7.99. The lowest BCUT2D eigenvalue weighted by Gasteiger charge is -2.31. The molecule has 0 unspecified atom stereocenters. The first-order chi connectivity index (χ1) is 13.6. The number of carbonyl (C=O) groups is 1. The highest BCUT2D eigenvalue weighted by Crippen LogP contribution is 2.43. The summed E-state index contributed by atoms with van der Waals surface area (Å²) in [5.41, 5.74) is 2.06. The van der Waals surface area contributed by atoms with Crippen LogP contribution >= 0.6 is 11.3 Å². The van der Waals surface area contributed by atoms with Crippen molar-refractivity contribution < 1.29 is 14.3 Å². The van der Waals surface area contributed by atoms with E-state index in [-0.39, 0.29) is 16.2 Å². The quantitative estimate of drug-likeness (QED) is 0.806. The summed E-state index contributed by atoms with van der Waals surface area (Å²) in [5.74, 6) is 1.58. The van der Waals surface area contributed by atoms with Crippen LogP contribution in [0.4, 0.5) is 0 Å². The lowest BCUT2D eigenvalue weighted by atomic mass is 9.78. The molecule has 0 radical (unpaired) electrons. The Kier molecular flexibility index (Phi) is 5.44. The molecule has 0 saturated heterocycles. The van der Waals surface area contributed by atoms with Gasteiger partial charge in [-0.3, -0.25) is 9.59 Å². The first-order valence-corrected chi connectivity index (χ1v) is 10.8. The van der Waals surface area contributed by atoms with Gasteiger partial charge < -0.3 is 19.4 Å². The van der Waals surface area contributed by atoms with Crippen LogP contribution in [0, 0.1) is 6.92 Å². The first-order valence-electron chi connectivity index (χ1n) is 9.89. The molecule has 0 spiro atoms. The fourth-order valence-electron chi connectivity index (χ4n) is 4.24. The molecule has 150 valence electrons. The predicted octanol–water partition coefficient (Wildman–Crippen LogP) is 3.01. The number of hydrogen-bond acceptors (Lipinski definition) is 5. The highest BCUT2D eigenvalue weighted by atomic mass is 32.1. The maximum atomic E-state index is 12.5. The van der Waals surface area contributed by atoms with Crippen molar-refractivity contribution in [2.24, 2.45) is 0 Å². The Balaban J connectivity index is 1.42. The van der Waals surface area contributed by atoms with Crippen molar-refractivity contribution in [3.05, 3.63) is 44.5 Å². The zero-order valence-corrected chi connectivity index (χ0v) is 17.0. The number of fused-ring (bicyclic) bond motifs is 1. The summed E-state index contributed by atoms with van der Waals surface area (Å²) >= 11 is 1.18. The molecule has 1 aromatic carbocycles. The molecule has 1 aromatic heterocycles. The summed E-state index contributed by atoms with van der Waals surface area (Å²) < 4.78 is 13.1. The average molecular weight is 403 g/mol. The summed E-state index contributed by atoms with van der Waals surface area (Å²) in [5, 5.41) is 4.95. The monoisotopic (exact) mass is 402 g/mol. The Labute approximate surface area is 168 Å². The van der Waals surface area contributed by atoms with E-state index < -0.39 is 0 Å². The van der Waals surface area contributed by atoms with Crippen LogP contribution in [0.25, 0.3) is 0 Å². The minimum atomic E-state index is -0.0549. The molecule has 1 saturated carbocycles. The highest BCUT2D eigenvalue weighted by Gasteiger charge is 2.36. The van der Waals surface area contributed by atoms with Gasteiger partial charge in [0.25, 0.3) is 0 Å². The smallest absolute Gasteiger partial charge is 0.307 e. The minimum Gasteiger partial charge on any atom is -0.486 e. The zero-order valence-electron chi connectivity index (χ0n) is 16.2. The maximum Gasteiger partial charge on any atom is 0.307 e. The standard InChI is InChI=1S/C21H26N2O4S/c1-15-13-28-20(25)23(15)9-6-19(24)22-14-21(7-2-3-8-21)16-4-5-17-18(12-16)27-11-10-26-17/h4-5,12-13H,2-3,6-11,14H2,1H3,(H,22,24). The summed E-state index contributed by atoms with van der Waals surface area (Å²) in [6.45, 7) is 4.09. The molecular weight excluding hydrogens is 376 g/mol. The largest absolute Gasteiger partial charge is 0.486 e. The van der Waals surface area contributed by atoms with Crippen LogP contribution < -0.4 is 19.7 Å². The molecule has 1 fully saturated rings. The van der Waals surface area contributed by atoms with Crippen molar-refractivity contribution in [1.29, 1.82) is 0 Å². The molecule has 6 nitrogen and oxygen atoms in total. The molecule has 7 heteroatoms. The highest BCUT2D eigenvalue weighted by molar-refractivity contribution is 7.07. The first kappa shape index (κ1) is 19.1. The number of aromatic nitrogens is 1. The number of nitrogens with zero attached hydrogens (tertiary/aromatic N) is 1. The molecule has 28 heavy (non-hydrogen) atoms. The number of rotatable bonds is 6. The number of carbonyl (C=O) groups excluding carboxylic acids is 1. The second-order valence-corrected chi connectivity index (χ2v) is 8.49. The Morgan fingerprint density at radius 2 is 1.96 bits per heavy atom. The normalized spacial score (nSPS) is 17.5.